The highest BCUT2D eigenvalue weighted by molar-refractivity contribution is 6.33. The van der Waals surface area contributed by atoms with Gasteiger partial charge in [0, 0.05) is 29.3 Å². The molecule has 2 aromatic heterocycles. The van der Waals surface area contributed by atoms with E-state index in [9.17, 15) is 10.2 Å². The normalized spacial score (nSPS) is 23.1. The van der Waals surface area contributed by atoms with Crippen molar-refractivity contribution >= 4 is 28.5 Å². The van der Waals surface area contributed by atoms with Crippen molar-refractivity contribution < 1.29 is 19.3 Å². The van der Waals surface area contributed by atoms with Gasteiger partial charge >= 0.3 is 0 Å². The number of hydrogen-bond acceptors (Lipinski definition) is 7. The molecule has 2 fully saturated rings. The Balaban J connectivity index is 1.59. The summed E-state index contributed by atoms with van der Waals surface area (Å²) in [7, 11) is 0. The zero-order valence-electron chi connectivity index (χ0n) is 22.4. The first kappa shape index (κ1) is 27.2. The first-order chi connectivity index (χ1) is 18.0. The smallest absolute Gasteiger partial charge is 0.223 e. The molecule has 3 N–H and O–H groups in total. The van der Waals surface area contributed by atoms with Gasteiger partial charge in [0.1, 0.15) is 11.3 Å². The molecule has 1 aliphatic carbocycles. The van der Waals surface area contributed by atoms with Crippen molar-refractivity contribution in [3.63, 3.8) is 0 Å². The molecule has 0 bridgehead atoms. The molecule has 3 heterocycles. The third kappa shape index (κ3) is 5.24. The van der Waals surface area contributed by atoms with Gasteiger partial charge in [-0.05, 0) is 61.1 Å². The van der Waals surface area contributed by atoms with Crippen LogP contribution in [0.4, 0.5) is 10.3 Å². The number of anilines is 1. The molecule has 204 valence electrons. The van der Waals surface area contributed by atoms with Crippen LogP contribution in [0.15, 0.2) is 24.5 Å². The van der Waals surface area contributed by atoms with Gasteiger partial charge < -0.3 is 20.3 Å². The average Bonchev–Trinajstić information content (AvgIpc) is 2.87. The summed E-state index contributed by atoms with van der Waals surface area (Å²) in [5, 5.41) is 26.1. The quantitative estimate of drug-likeness (QED) is 0.366. The zero-order chi connectivity index (χ0) is 27.2. The summed E-state index contributed by atoms with van der Waals surface area (Å²) in [4.78, 5) is 13.4. The number of nitrogens with one attached hydrogen (secondary N) is 1. The Kier molecular flexibility index (Phi) is 7.37. The number of ether oxygens (including phenoxy) is 1. The number of fused-ring (bicyclic) bond motifs is 1. The van der Waals surface area contributed by atoms with Gasteiger partial charge in [-0.25, -0.2) is 14.4 Å². The second kappa shape index (κ2) is 10.3. The molecule has 5 rings (SSSR count). The van der Waals surface area contributed by atoms with Crippen molar-refractivity contribution in [2.45, 2.75) is 83.5 Å². The van der Waals surface area contributed by atoms with E-state index in [1.165, 1.54) is 12.3 Å². The lowest BCUT2D eigenvalue weighted by atomic mass is 9.67. The van der Waals surface area contributed by atoms with E-state index in [0.29, 0.717) is 48.5 Å². The van der Waals surface area contributed by atoms with E-state index in [4.69, 9.17) is 16.3 Å². The van der Waals surface area contributed by atoms with E-state index in [-0.39, 0.29) is 34.5 Å². The molecule has 2 aliphatic rings. The van der Waals surface area contributed by atoms with E-state index in [1.807, 2.05) is 6.07 Å². The molecule has 1 aliphatic heterocycles. The van der Waals surface area contributed by atoms with Crippen LogP contribution in [-0.4, -0.2) is 50.5 Å². The highest BCUT2D eigenvalue weighted by Crippen LogP contribution is 2.48. The number of nitrogens with zero attached hydrogens (tertiary/aromatic N) is 3. The highest BCUT2D eigenvalue weighted by atomic mass is 35.5. The van der Waals surface area contributed by atoms with Crippen LogP contribution >= 0.6 is 11.6 Å². The number of rotatable bonds is 5. The molecule has 0 amide bonds. The van der Waals surface area contributed by atoms with Gasteiger partial charge in [0.15, 0.2) is 0 Å². The SMILES string of the molecule is CC(C)c1c(C2(O)CCC(C)(C)CC2)cnc2c(F)cc(-c3nc(N[C@@H]4CCOC[C@H]4O)ncc3Cl)cc12. The summed E-state index contributed by atoms with van der Waals surface area (Å²) in [5.41, 5.74) is 1.99. The third-order valence-electron chi connectivity index (χ3n) is 8.13. The molecule has 3 aromatic rings. The summed E-state index contributed by atoms with van der Waals surface area (Å²) in [6, 6.07) is 2.99. The van der Waals surface area contributed by atoms with E-state index >= 15 is 4.39 Å². The van der Waals surface area contributed by atoms with E-state index < -0.39 is 17.5 Å². The Hall–Kier alpha value is -2.39. The molecule has 1 aromatic carbocycles. The summed E-state index contributed by atoms with van der Waals surface area (Å²) in [5.74, 6) is -0.157. The molecule has 0 unspecified atom stereocenters. The van der Waals surface area contributed by atoms with Crippen molar-refractivity contribution in [2.75, 3.05) is 18.5 Å². The summed E-state index contributed by atoms with van der Waals surface area (Å²) in [6.45, 7) is 9.34. The van der Waals surface area contributed by atoms with Crippen molar-refractivity contribution in [3.8, 4) is 11.3 Å². The van der Waals surface area contributed by atoms with Crippen LogP contribution in [0.25, 0.3) is 22.2 Å². The van der Waals surface area contributed by atoms with E-state index in [0.717, 1.165) is 24.0 Å². The largest absolute Gasteiger partial charge is 0.389 e. The maximum atomic E-state index is 15.5. The van der Waals surface area contributed by atoms with Crippen LogP contribution < -0.4 is 5.32 Å². The number of benzene rings is 1. The lowest BCUT2D eigenvalue weighted by Crippen LogP contribution is -2.42. The molecule has 7 nitrogen and oxygen atoms in total. The molecular weight excluding hydrogens is 507 g/mol. The van der Waals surface area contributed by atoms with Crippen LogP contribution in [0.5, 0.6) is 0 Å². The van der Waals surface area contributed by atoms with E-state index in [2.05, 4.69) is 48.0 Å². The molecule has 1 saturated heterocycles. The molecule has 2 atom stereocenters. The van der Waals surface area contributed by atoms with Gasteiger partial charge in [0.05, 0.1) is 41.3 Å². The van der Waals surface area contributed by atoms with Crippen molar-refractivity contribution in [2.24, 2.45) is 5.41 Å². The predicted octanol–water partition coefficient (Wildman–Crippen LogP) is 5.96. The van der Waals surface area contributed by atoms with Crippen molar-refractivity contribution in [1.82, 2.24) is 15.0 Å². The Morgan fingerprint density at radius 2 is 1.87 bits per heavy atom. The molecule has 1 saturated carbocycles. The van der Waals surface area contributed by atoms with Gasteiger partial charge in [-0.1, -0.05) is 39.3 Å². The Morgan fingerprint density at radius 3 is 2.55 bits per heavy atom. The maximum Gasteiger partial charge on any atom is 0.223 e. The fourth-order valence-corrected chi connectivity index (χ4v) is 5.91. The summed E-state index contributed by atoms with van der Waals surface area (Å²) < 4.78 is 20.8. The maximum absolute atomic E-state index is 15.5. The Morgan fingerprint density at radius 1 is 1.13 bits per heavy atom. The van der Waals surface area contributed by atoms with Gasteiger partial charge in [0.2, 0.25) is 5.95 Å². The minimum absolute atomic E-state index is 0.0252. The second-order valence-electron chi connectivity index (χ2n) is 11.9. The first-order valence-corrected chi connectivity index (χ1v) is 13.8. The average molecular weight is 543 g/mol. The van der Waals surface area contributed by atoms with Gasteiger partial charge in [-0.3, -0.25) is 4.98 Å². The van der Waals surface area contributed by atoms with Gasteiger partial charge in [0.25, 0.3) is 0 Å². The Bertz CT molecular complexity index is 1340. The number of pyridine rings is 1. The second-order valence-corrected chi connectivity index (χ2v) is 12.3. The van der Waals surface area contributed by atoms with Crippen molar-refractivity contribution in [3.05, 3.63) is 46.5 Å². The van der Waals surface area contributed by atoms with Crippen molar-refractivity contribution in [1.29, 1.82) is 0 Å². The highest BCUT2D eigenvalue weighted by Gasteiger charge is 2.40. The van der Waals surface area contributed by atoms with Gasteiger partial charge in [-0.15, -0.1) is 0 Å². The number of hydrogen-bond donors (Lipinski definition) is 3. The lowest BCUT2D eigenvalue weighted by molar-refractivity contribution is -0.0314. The van der Waals surface area contributed by atoms with Crippen LogP contribution in [0.1, 0.15) is 76.8 Å². The molecule has 38 heavy (non-hydrogen) atoms. The van der Waals surface area contributed by atoms with Crippen LogP contribution in [0.2, 0.25) is 5.02 Å². The number of halogens is 2. The third-order valence-corrected chi connectivity index (χ3v) is 8.41. The standard InChI is InChI=1S/C29H36ClFN4O3/c1-16(2)24-18-11-17(25-20(30)14-33-27(35-25)34-22-5-10-38-15-23(22)36)12-21(31)26(18)32-13-19(24)29(37)8-6-28(3,4)7-9-29/h11-14,16,22-23,36-37H,5-10,15H2,1-4H3,(H,33,34,35)/t22-,23-/m1/s1. The zero-order valence-corrected chi connectivity index (χ0v) is 23.1. The molecular formula is C29H36ClFN4O3. The summed E-state index contributed by atoms with van der Waals surface area (Å²) in [6.07, 6.45) is 6.16. The van der Waals surface area contributed by atoms with Crippen LogP contribution in [-0.2, 0) is 10.3 Å². The first-order valence-electron chi connectivity index (χ1n) is 13.4. The predicted molar refractivity (Wildman–Crippen MR) is 147 cm³/mol. The Labute approximate surface area is 227 Å². The minimum Gasteiger partial charge on any atom is -0.389 e. The fourth-order valence-electron chi connectivity index (χ4n) is 5.71. The lowest BCUT2D eigenvalue weighted by Gasteiger charge is -2.41. The van der Waals surface area contributed by atoms with Crippen LogP contribution in [0, 0.1) is 11.2 Å². The number of aliphatic hydroxyl groups is 2. The number of aromatic nitrogens is 3. The number of aliphatic hydroxyl groups excluding tert-OH is 1. The van der Waals surface area contributed by atoms with E-state index in [1.54, 1.807) is 6.20 Å². The van der Waals surface area contributed by atoms with Gasteiger partial charge in [-0.2, -0.15) is 0 Å². The molecule has 0 radical (unpaired) electrons. The van der Waals surface area contributed by atoms with Crippen LogP contribution in [0.3, 0.4) is 0 Å². The molecule has 9 heteroatoms. The minimum atomic E-state index is -1.00. The monoisotopic (exact) mass is 542 g/mol. The summed E-state index contributed by atoms with van der Waals surface area (Å²) >= 11 is 6.51. The topological polar surface area (TPSA) is 100 Å². The fraction of sp³-hybridized carbons (Fsp3) is 0.552. The molecule has 0 spiro atoms.